The monoisotopic (exact) mass is 488 g/mol. The highest BCUT2D eigenvalue weighted by Gasteiger charge is 2.54. The van der Waals surface area contributed by atoms with Crippen molar-refractivity contribution in [3.8, 4) is 0 Å². The summed E-state index contributed by atoms with van der Waals surface area (Å²) in [5.41, 5.74) is 1.41. The molecule has 0 spiro atoms. The molecule has 12 heteroatoms. The van der Waals surface area contributed by atoms with E-state index in [9.17, 15) is 24.3 Å². The van der Waals surface area contributed by atoms with Crippen LogP contribution in [0.25, 0.3) is 0 Å². The summed E-state index contributed by atoms with van der Waals surface area (Å²) >= 11 is 2.56. The number of thioether (sulfide) groups is 1. The molecule has 1 unspecified atom stereocenters. The summed E-state index contributed by atoms with van der Waals surface area (Å²) < 4.78 is 4.93. The molecule has 1 aromatic carbocycles. The third kappa shape index (κ3) is 4.86. The van der Waals surface area contributed by atoms with E-state index in [1.807, 2.05) is 30.3 Å². The molecule has 2 aromatic rings. The van der Waals surface area contributed by atoms with Crippen molar-refractivity contribution in [3.05, 3.63) is 58.2 Å². The Hall–Kier alpha value is -3.38. The standard InChI is InChI=1S/C21H20N4O6S2/c1-11(26)31-8-13-9-32-19-15(18(28)25(19)16(13)20(29)30)24-21-23-14(10-33-21)17(27)22-7-12-5-3-2-4-6-12/h2-6,10,15,19H,7-9H2,1H3,(H,22,27)(H,23,24)(H,29,30)/t15?,19-/m1/s1. The summed E-state index contributed by atoms with van der Waals surface area (Å²) in [6.45, 7) is 1.43. The quantitative estimate of drug-likeness (QED) is 0.374. The van der Waals surface area contributed by atoms with Crippen LogP contribution in [0.5, 0.6) is 0 Å². The van der Waals surface area contributed by atoms with Crippen molar-refractivity contribution in [2.45, 2.75) is 24.9 Å². The summed E-state index contributed by atoms with van der Waals surface area (Å²) in [7, 11) is 0. The van der Waals surface area contributed by atoms with E-state index in [1.165, 1.54) is 34.9 Å². The van der Waals surface area contributed by atoms with E-state index in [1.54, 1.807) is 5.38 Å². The van der Waals surface area contributed by atoms with Crippen LogP contribution in [0.1, 0.15) is 23.0 Å². The second-order valence-electron chi connectivity index (χ2n) is 7.28. The number of esters is 1. The number of fused-ring (bicyclic) bond motifs is 1. The molecule has 1 fully saturated rings. The second-order valence-corrected chi connectivity index (χ2v) is 9.24. The van der Waals surface area contributed by atoms with Crippen LogP contribution in [0.2, 0.25) is 0 Å². The Balaban J connectivity index is 1.39. The van der Waals surface area contributed by atoms with E-state index in [0.29, 0.717) is 23.0 Å². The van der Waals surface area contributed by atoms with Gasteiger partial charge in [-0.1, -0.05) is 30.3 Å². The number of nitrogens with one attached hydrogen (secondary N) is 2. The highest BCUT2D eigenvalue weighted by molar-refractivity contribution is 8.00. The van der Waals surface area contributed by atoms with Crippen molar-refractivity contribution in [2.24, 2.45) is 0 Å². The lowest BCUT2D eigenvalue weighted by atomic mass is 10.0. The summed E-state index contributed by atoms with van der Waals surface area (Å²) in [6, 6.07) is 8.81. The zero-order valence-electron chi connectivity index (χ0n) is 17.4. The lowest BCUT2D eigenvalue weighted by Gasteiger charge is -2.49. The van der Waals surface area contributed by atoms with Gasteiger partial charge in [0.05, 0.1) is 0 Å². The maximum atomic E-state index is 12.7. The highest BCUT2D eigenvalue weighted by atomic mass is 32.2. The maximum absolute atomic E-state index is 12.7. The van der Waals surface area contributed by atoms with Crippen molar-refractivity contribution in [1.29, 1.82) is 0 Å². The van der Waals surface area contributed by atoms with E-state index in [4.69, 9.17) is 4.74 Å². The molecule has 2 amide bonds. The number of β-lactam (4-membered cyclic amide) rings is 1. The Morgan fingerprint density at radius 3 is 2.73 bits per heavy atom. The zero-order chi connectivity index (χ0) is 23.5. The van der Waals surface area contributed by atoms with E-state index >= 15 is 0 Å². The van der Waals surface area contributed by atoms with Gasteiger partial charge in [-0.25, -0.2) is 9.78 Å². The van der Waals surface area contributed by atoms with Crippen molar-refractivity contribution in [3.63, 3.8) is 0 Å². The predicted molar refractivity (Wildman–Crippen MR) is 122 cm³/mol. The van der Waals surface area contributed by atoms with Crippen LogP contribution >= 0.6 is 23.1 Å². The fourth-order valence-corrected chi connectivity index (χ4v) is 5.49. The normalized spacial score (nSPS) is 19.4. The number of anilines is 1. The Morgan fingerprint density at radius 2 is 2.03 bits per heavy atom. The maximum Gasteiger partial charge on any atom is 0.352 e. The minimum Gasteiger partial charge on any atom is -0.477 e. The first-order valence-electron chi connectivity index (χ1n) is 9.92. The number of hydrogen-bond acceptors (Lipinski definition) is 9. The van der Waals surface area contributed by atoms with Crippen molar-refractivity contribution < 1.29 is 29.0 Å². The molecule has 0 bridgehead atoms. The fraction of sp³-hybridized carbons (Fsp3) is 0.286. The number of thiazole rings is 1. The number of rotatable bonds is 8. The molecule has 0 radical (unpaired) electrons. The molecule has 10 nitrogen and oxygen atoms in total. The van der Waals surface area contributed by atoms with Crippen LogP contribution in [0.15, 0.2) is 47.0 Å². The number of carboxylic acid groups (broad SMARTS) is 1. The number of nitrogens with zero attached hydrogens (tertiary/aromatic N) is 2. The zero-order valence-corrected chi connectivity index (χ0v) is 19.1. The first-order valence-corrected chi connectivity index (χ1v) is 11.9. The molecule has 2 aliphatic heterocycles. The topological polar surface area (TPSA) is 138 Å². The van der Waals surface area contributed by atoms with Crippen LogP contribution in [0, 0.1) is 0 Å². The van der Waals surface area contributed by atoms with Crippen LogP contribution in [0.4, 0.5) is 5.13 Å². The minimum atomic E-state index is -1.25. The lowest BCUT2D eigenvalue weighted by molar-refractivity contribution is -0.147. The molecule has 4 rings (SSSR count). The smallest absolute Gasteiger partial charge is 0.352 e. The lowest BCUT2D eigenvalue weighted by Crippen LogP contribution is -2.67. The number of ether oxygens (including phenoxy) is 1. The number of aliphatic carboxylic acids is 1. The third-order valence-corrected chi connectivity index (χ3v) is 7.12. The molecule has 3 heterocycles. The van der Waals surface area contributed by atoms with E-state index in [2.05, 4.69) is 15.6 Å². The minimum absolute atomic E-state index is 0.150. The molecular formula is C21H20N4O6S2. The van der Waals surface area contributed by atoms with E-state index < -0.39 is 29.3 Å². The van der Waals surface area contributed by atoms with E-state index in [-0.39, 0.29) is 23.9 Å². The van der Waals surface area contributed by atoms with Gasteiger partial charge in [0.15, 0.2) is 5.13 Å². The van der Waals surface area contributed by atoms with Crippen molar-refractivity contribution in [2.75, 3.05) is 17.7 Å². The molecule has 1 saturated heterocycles. The third-order valence-electron chi connectivity index (χ3n) is 5.01. The molecule has 3 N–H and O–H groups in total. The summed E-state index contributed by atoms with van der Waals surface area (Å²) in [5, 5.41) is 17.0. The molecular weight excluding hydrogens is 468 g/mol. The van der Waals surface area contributed by atoms with Crippen molar-refractivity contribution in [1.82, 2.24) is 15.2 Å². The van der Waals surface area contributed by atoms with Gasteiger partial charge in [-0.3, -0.25) is 19.3 Å². The van der Waals surface area contributed by atoms with Gasteiger partial charge in [0.2, 0.25) is 0 Å². The summed E-state index contributed by atoms with van der Waals surface area (Å²) in [6.07, 6.45) is 0. The number of carbonyl (C=O) groups excluding carboxylic acids is 3. The van der Waals surface area contributed by atoms with Gasteiger partial charge in [0.25, 0.3) is 11.8 Å². The predicted octanol–water partition coefficient (Wildman–Crippen LogP) is 1.67. The number of carboxylic acids is 1. The molecule has 33 heavy (non-hydrogen) atoms. The van der Waals surface area contributed by atoms with Gasteiger partial charge >= 0.3 is 11.9 Å². The number of benzene rings is 1. The number of amides is 2. The second kappa shape index (κ2) is 9.63. The molecule has 1 aromatic heterocycles. The number of carbonyl (C=O) groups is 4. The molecule has 0 aliphatic carbocycles. The van der Waals surface area contributed by atoms with Crippen LogP contribution in [-0.2, 0) is 25.7 Å². The molecule has 2 atom stereocenters. The van der Waals surface area contributed by atoms with Gasteiger partial charge < -0.3 is 20.5 Å². The van der Waals surface area contributed by atoms with Gasteiger partial charge in [0.1, 0.15) is 29.4 Å². The van der Waals surface area contributed by atoms with Gasteiger partial charge in [-0.05, 0) is 5.56 Å². The van der Waals surface area contributed by atoms with Gasteiger partial charge in [0, 0.05) is 30.2 Å². The van der Waals surface area contributed by atoms with Crippen LogP contribution in [0.3, 0.4) is 0 Å². The largest absolute Gasteiger partial charge is 0.477 e. The molecule has 172 valence electrons. The van der Waals surface area contributed by atoms with Crippen molar-refractivity contribution >= 4 is 52.0 Å². The fourth-order valence-electron chi connectivity index (χ4n) is 3.43. The Kier molecular flexibility index (Phi) is 6.65. The Bertz CT molecular complexity index is 1130. The van der Waals surface area contributed by atoms with Crippen LogP contribution < -0.4 is 10.6 Å². The summed E-state index contributed by atoms with van der Waals surface area (Å²) in [5.74, 6) is -2.22. The Morgan fingerprint density at radius 1 is 1.27 bits per heavy atom. The van der Waals surface area contributed by atoms with E-state index in [0.717, 1.165) is 5.56 Å². The average Bonchev–Trinajstić information content (AvgIpc) is 3.28. The SMILES string of the molecule is CC(=O)OCC1=C(C(=O)O)N2C(=O)C(Nc3nc(C(=O)NCc4ccccc4)cs3)[C@H]2SC1. The first-order chi connectivity index (χ1) is 15.8. The van der Waals surface area contributed by atoms with Gasteiger partial charge in [-0.2, -0.15) is 0 Å². The van der Waals surface area contributed by atoms with Gasteiger partial charge in [-0.15, -0.1) is 23.1 Å². The average molecular weight is 489 g/mol. The Labute approximate surface area is 197 Å². The number of hydrogen-bond donors (Lipinski definition) is 3. The first kappa shape index (κ1) is 22.8. The van der Waals surface area contributed by atoms with Crippen LogP contribution in [-0.4, -0.2) is 62.5 Å². The molecule has 0 saturated carbocycles. The number of aromatic nitrogens is 1. The highest BCUT2D eigenvalue weighted by Crippen LogP contribution is 2.41. The summed E-state index contributed by atoms with van der Waals surface area (Å²) in [4.78, 5) is 53.4. The molecule has 2 aliphatic rings.